The first-order valence-corrected chi connectivity index (χ1v) is 12.2. The predicted octanol–water partition coefficient (Wildman–Crippen LogP) is 1.39. The summed E-state index contributed by atoms with van der Waals surface area (Å²) in [5.41, 5.74) is 1.02. The van der Waals surface area contributed by atoms with Crippen LogP contribution in [0.5, 0.6) is 5.88 Å². The average molecular weight is 478 g/mol. The number of aliphatic hydroxyl groups is 1. The van der Waals surface area contributed by atoms with Gasteiger partial charge in [0.2, 0.25) is 5.88 Å². The average Bonchev–Trinajstić information content (AvgIpc) is 3.23. The molecule has 33 heavy (non-hydrogen) atoms. The molecule has 3 rings (SSSR count). The number of allylic oxidation sites excluding steroid dienone is 1. The van der Waals surface area contributed by atoms with Gasteiger partial charge in [-0.1, -0.05) is 19.1 Å². The van der Waals surface area contributed by atoms with E-state index < -0.39 is 22.2 Å². The van der Waals surface area contributed by atoms with Crippen LogP contribution < -0.4 is 4.74 Å². The normalized spacial score (nSPS) is 20.5. The number of nitrogens with zero attached hydrogens (tertiary/aromatic N) is 5. The lowest BCUT2D eigenvalue weighted by atomic mass is 10.00. The van der Waals surface area contributed by atoms with E-state index in [0.29, 0.717) is 0 Å². The Morgan fingerprint density at radius 1 is 1.39 bits per heavy atom. The third kappa shape index (κ3) is 5.26. The van der Waals surface area contributed by atoms with Gasteiger partial charge in [0.15, 0.2) is 5.03 Å². The number of aryl methyl sites for hydroxylation is 1. The summed E-state index contributed by atoms with van der Waals surface area (Å²) in [5.74, 6) is -0.386. The van der Waals surface area contributed by atoms with Crippen molar-refractivity contribution in [3.8, 4) is 5.88 Å². The molecule has 3 atom stereocenters. The molecule has 1 aliphatic rings. The first-order valence-electron chi connectivity index (χ1n) is 10.7. The number of fused-ring (bicyclic) bond motifs is 1. The van der Waals surface area contributed by atoms with Gasteiger partial charge in [-0.3, -0.25) is 4.79 Å². The molecule has 180 valence electrons. The van der Waals surface area contributed by atoms with Gasteiger partial charge < -0.3 is 19.3 Å². The Balaban J connectivity index is 1.97. The van der Waals surface area contributed by atoms with E-state index in [1.165, 1.54) is 23.9 Å². The number of hydrogen-bond acceptors (Lipinski definition) is 7. The maximum atomic E-state index is 13.3. The maximum absolute atomic E-state index is 13.3. The highest BCUT2D eigenvalue weighted by Crippen LogP contribution is 2.28. The molecule has 0 spiro atoms. The summed E-state index contributed by atoms with van der Waals surface area (Å²) >= 11 is 0. The standard InChI is InChI=1S/C22H31N5O5S/c1-6-7-17-8-18-21(23-9-17)32-19(15(2)10-27(22(18)29)16(3)13-28)11-26(5)33(30,31)20-12-25(4)14-24-20/h6-9,12,14-16,19,28H,10-11,13H2,1-5H3/t15-,16-,19-/m0/s1. The molecular weight excluding hydrogens is 446 g/mol. The lowest BCUT2D eigenvalue weighted by Gasteiger charge is -2.37. The molecule has 0 radical (unpaired) electrons. The summed E-state index contributed by atoms with van der Waals surface area (Å²) in [5, 5.41) is 9.69. The highest BCUT2D eigenvalue weighted by molar-refractivity contribution is 7.89. The molecule has 0 aromatic carbocycles. The van der Waals surface area contributed by atoms with Crippen LogP contribution >= 0.6 is 0 Å². The summed E-state index contributed by atoms with van der Waals surface area (Å²) in [6.07, 6.45) is 7.55. The Labute approximate surface area is 194 Å². The number of imidazole rings is 1. The topological polar surface area (TPSA) is 118 Å². The Bertz CT molecular complexity index is 1130. The van der Waals surface area contributed by atoms with Gasteiger partial charge in [-0.25, -0.2) is 18.4 Å². The minimum atomic E-state index is -3.83. The fourth-order valence-electron chi connectivity index (χ4n) is 3.65. The van der Waals surface area contributed by atoms with E-state index >= 15 is 0 Å². The summed E-state index contributed by atoms with van der Waals surface area (Å²) in [7, 11) is -0.655. The van der Waals surface area contributed by atoms with E-state index in [1.54, 1.807) is 35.7 Å². The molecule has 1 aliphatic heterocycles. The third-order valence-electron chi connectivity index (χ3n) is 5.69. The zero-order valence-corrected chi connectivity index (χ0v) is 20.4. The van der Waals surface area contributed by atoms with Gasteiger partial charge in [0.1, 0.15) is 11.7 Å². The second-order valence-corrected chi connectivity index (χ2v) is 10.4. The van der Waals surface area contributed by atoms with Crippen molar-refractivity contribution in [2.45, 2.75) is 37.9 Å². The highest BCUT2D eigenvalue weighted by atomic mass is 32.2. The van der Waals surface area contributed by atoms with Crippen molar-refractivity contribution >= 4 is 22.0 Å². The maximum Gasteiger partial charge on any atom is 0.261 e. The number of aromatic nitrogens is 3. The van der Waals surface area contributed by atoms with Crippen LogP contribution in [0.2, 0.25) is 0 Å². The Hall–Kier alpha value is -2.76. The molecule has 2 aromatic heterocycles. The monoisotopic (exact) mass is 477 g/mol. The fraction of sp³-hybridized carbons (Fsp3) is 0.500. The highest BCUT2D eigenvalue weighted by Gasteiger charge is 2.36. The van der Waals surface area contributed by atoms with E-state index in [9.17, 15) is 18.3 Å². The lowest BCUT2D eigenvalue weighted by molar-refractivity contribution is 0.0373. The smallest absolute Gasteiger partial charge is 0.261 e. The van der Waals surface area contributed by atoms with E-state index in [2.05, 4.69) is 9.97 Å². The molecule has 1 N–H and O–H groups in total. The summed E-state index contributed by atoms with van der Waals surface area (Å²) in [4.78, 5) is 23.2. The Morgan fingerprint density at radius 3 is 2.73 bits per heavy atom. The van der Waals surface area contributed by atoms with Crippen LogP contribution in [-0.2, 0) is 17.1 Å². The number of sulfonamides is 1. The van der Waals surface area contributed by atoms with E-state index in [-0.39, 0.29) is 48.0 Å². The van der Waals surface area contributed by atoms with Crippen LogP contribution in [0.25, 0.3) is 6.08 Å². The number of hydrogen-bond donors (Lipinski definition) is 1. The number of pyridine rings is 1. The number of carbonyl (C=O) groups excluding carboxylic acids is 1. The first-order chi connectivity index (χ1) is 15.6. The van der Waals surface area contributed by atoms with Crippen molar-refractivity contribution in [1.82, 2.24) is 23.7 Å². The minimum absolute atomic E-state index is 0.0351. The van der Waals surface area contributed by atoms with Crippen molar-refractivity contribution in [3.05, 3.63) is 42.0 Å². The quantitative estimate of drug-likeness (QED) is 0.640. The van der Waals surface area contributed by atoms with Gasteiger partial charge >= 0.3 is 0 Å². The molecule has 0 aliphatic carbocycles. The van der Waals surface area contributed by atoms with Crippen molar-refractivity contribution in [3.63, 3.8) is 0 Å². The molecular formula is C22H31N5O5S. The fourth-order valence-corrected chi connectivity index (χ4v) is 4.80. The molecule has 10 nitrogen and oxygen atoms in total. The SMILES string of the molecule is CC=Cc1cnc2c(c1)C(=O)N([C@@H](C)CO)C[C@H](C)[C@H](CN(C)S(=O)(=O)c1cn(C)cn1)O2. The third-order valence-corrected chi connectivity index (χ3v) is 7.40. The Morgan fingerprint density at radius 2 is 2.12 bits per heavy atom. The van der Waals surface area contributed by atoms with Gasteiger partial charge in [0, 0.05) is 39.0 Å². The van der Waals surface area contributed by atoms with E-state index in [0.717, 1.165) is 5.56 Å². The van der Waals surface area contributed by atoms with Crippen molar-refractivity contribution in [2.24, 2.45) is 13.0 Å². The molecule has 3 heterocycles. The van der Waals surface area contributed by atoms with Crippen molar-refractivity contribution in [2.75, 3.05) is 26.7 Å². The van der Waals surface area contributed by atoms with Crippen molar-refractivity contribution in [1.29, 1.82) is 0 Å². The second kappa shape index (κ2) is 10.0. The second-order valence-electron chi connectivity index (χ2n) is 8.41. The number of amides is 1. The minimum Gasteiger partial charge on any atom is -0.472 e. The van der Waals surface area contributed by atoms with Crippen LogP contribution in [0.4, 0.5) is 0 Å². The van der Waals surface area contributed by atoms with Gasteiger partial charge in [-0.05, 0) is 25.5 Å². The zero-order chi connectivity index (χ0) is 24.3. The largest absolute Gasteiger partial charge is 0.472 e. The molecule has 0 unspecified atom stereocenters. The summed E-state index contributed by atoms with van der Waals surface area (Å²) in [6, 6.07) is 1.27. The van der Waals surface area contributed by atoms with Crippen LogP contribution in [0.1, 0.15) is 36.7 Å². The van der Waals surface area contributed by atoms with Crippen LogP contribution in [-0.4, -0.2) is 82.1 Å². The Kier molecular flexibility index (Phi) is 7.55. The van der Waals surface area contributed by atoms with E-state index in [1.807, 2.05) is 26.0 Å². The van der Waals surface area contributed by atoms with Crippen molar-refractivity contribution < 1.29 is 23.1 Å². The number of likely N-dealkylation sites (N-methyl/N-ethyl adjacent to an activating group) is 1. The van der Waals surface area contributed by atoms with Gasteiger partial charge in [0.05, 0.1) is 25.5 Å². The molecule has 0 saturated heterocycles. The van der Waals surface area contributed by atoms with Crippen LogP contribution in [0.15, 0.2) is 35.9 Å². The molecule has 2 aromatic rings. The molecule has 0 bridgehead atoms. The predicted molar refractivity (Wildman–Crippen MR) is 123 cm³/mol. The number of carbonyl (C=O) groups is 1. The van der Waals surface area contributed by atoms with Gasteiger partial charge in [-0.15, -0.1) is 0 Å². The number of aliphatic hydroxyl groups excluding tert-OH is 1. The van der Waals surface area contributed by atoms with Gasteiger partial charge in [0.25, 0.3) is 15.9 Å². The number of rotatable bonds is 7. The first kappa shape index (κ1) is 24.9. The summed E-state index contributed by atoms with van der Waals surface area (Å²) in [6.45, 7) is 5.64. The molecule has 1 amide bonds. The molecule has 0 saturated carbocycles. The van der Waals surface area contributed by atoms with Gasteiger partial charge in [-0.2, -0.15) is 4.31 Å². The lowest BCUT2D eigenvalue weighted by Crippen LogP contribution is -2.50. The summed E-state index contributed by atoms with van der Waals surface area (Å²) < 4.78 is 34.9. The number of ether oxygens (including phenoxy) is 1. The molecule has 11 heteroatoms. The van der Waals surface area contributed by atoms with Crippen LogP contribution in [0, 0.1) is 5.92 Å². The zero-order valence-electron chi connectivity index (χ0n) is 19.5. The van der Waals surface area contributed by atoms with E-state index in [4.69, 9.17) is 4.74 Å². The molecule has 0 fully saturated rings. The van der Waals surface area contributed by atoms with Crippen LogP contribution in [0.3, 0.4) is 0 Å².